The number of amides is 1. The summed E-state index contributed by atoms with van der Waals surface area (Å²) in [7, 11) is 1.41. The smallest absolute Gasteiger partial charge is 0.308 e. The Labute approximate surface area is 107 Å². The molecule has 2 aliphatic rings. The van der Waals surface area contributed by atoms with Crippen LogP contribution in [0.2, 0.25) is 0 Å². The van der Waals surface area contributed by atoms with Gasteiger partial charge in [0.25, 0.3) is 5.91 Å². The fraction of sp³-hybridized carbons (Fsp3) is 0.846. The second kappa shape index (κ2) is 6.18. The molecule has 1 amide bonds. The molecule has 0 saturated carbocycles. The number of carbonyl (C=O) groups excluding carboxylic acids is 2. The first-order valence-corrected chi connectivity index (χ1v) is 6.70. The predicted octanol–water partition coefficient (Wildman–Crippen LogP) is 0.967. The van der Waals surface area contributed by atoms with Crippen LogP contribution in [0, 0.1) is 5.92 Å². The molecule has 5 heteroatoms. The van der Waals surface area contributed by atoms with E-state index in [9.17, 15) is 9.59 Å². The molecule has 2 aliphatic heterocycles. The van der Waals surface area contributed by atoms with Gasteiger partial charge in [0.2, 0.25) is 0 Å². The molecule has 2 saturated heterocycles. The van der Waals surface area contributed by atoms with Crippen molar-refractivity contribution in [2.24, 2.45) is 5.92 Å². The molecule has 0 bridgehead atoms. The van der Waals surface area contributed by atoms with E-state index in [0.717, 1.165) is 19.3 Å². The monoisotopic (exact) mass is 255 g/mol. The molecule has 2 heterocycles. The van der Waals surface area contributed by atoms with Gasteiger partial charge < -0.3 is 14.4 Å². The van der Waals surface area contributed by atoms with E-state index < -0.39 is 0 Å². The molecule has 1 unspecified atom stereocenters. The highest BCUT2D eigenvalue weighted by molar-refractivity contribution is 5.81. The Balaban J connectivity index is 1.81. The van der Waals surface area contributed by atoms with E-state index in [2.05, 4.69) is 0 Å². The van der Waals surface area contributed by atoms with Gasteiger partial charge in [-0.2, -0.15) is 0 Å². The molecule has 1 atom stereocenters. The van der Waals surface area contributed by atoms with Gasteiger partial charge in [-0.25, -0.2) is 0 Å². The molecule has 2 fully saturated rings. The van der Waals surface area contributed by atoms with Crippen LogP contribution in [0.1, 0.15) is 32.1 Å². The minimum Gasteiger partial charge on any atom is -0.469 e. The summed E-state index contributed by atoms with van der Waals surface area (Å²) in [5, 5.41) is 0. The van der Waals surface area contributed by atoms with Crippen LogP contribution < -0.4 is 0 Å². The van der Waals surface area contributed by atoms with Gasteiger partial charge >= 0.3 is 5.97 Å². The molecular weight excluding hydrogens is 234 g/mol. The van der Waals surface area contributed by atoms with Gasteiger partial charge in [0.15, 0.2) is 0 Å². The van der Waals surface area contributed by atoms with Crippen LogP contribution in [0.4, 0.5) is 0 Å². The summed E-state index contributed by atoms with van der Waals surface area (Å²) in [6.45, 7) is 1.96. The van der Waals surface area contributed by atoms with Crippen LogP contribution in [0.25, 0.3) is 0 Å². The van der Waals surface area contributed by atoms with Crippen molar-refractivity contribution >= 4 is 11.9 Å². The number of carbonyl (C=O) groups is 2. The van der Waals surface area contributed by atoms with Gasteiger partial charge in [-0.3, -0.25) is 9.59 Å². The third kappa shape index (κ3) is 3.02. The quantitative estimate of drug-likeness (QED) is 0.690. The van der Waals surface area contributed by atoms with Crippen LogP contribution >= 0.6 is 0 Å². The standard InChI is InChI=1S/C13H21NO4/c1-17-13(16)10-5-7-14(8-6-10)12(15)11-4-2-3-9-18-11/h10-11H,2-9H2,1H3. The van der Waals surface area contributed by atoms with E-state index in [4.69, 9.17) is 9.47 Å². The number of likely N-dealkylation sites (tertiary alicyclic amines) is 1. The van der Waals surface area contributed by atoms with E-state index in [1.807, 2.05) is 4.90 Å². The first kappa shape index (κ1) is 13.3. The van der Waals surface area contributed by atoms with E-state index in [1.54, 1.807) is 0 Å². The van der Waals surface area contributed by atoms with E-state index in [-0.39, 0.29) is 23.9 Å². The zero-order chi connectivity index (χ0) is 13.0. The Morgan fingerprint density at radius 2 is 1.89 bits per heavy atom. The number of hydrogen-bond acceptors (Lipinski definition) is 4. The number of rotatable bonds is 2. The molecule has 0 N–H and O–H groups in total. The van der Waals surface area contributed by atoms with Crippen molar-refractivity contribution in [1.82, 2.24) is 4.90 Å². The van der Waals surface area contributed by atoms with Gasteiger partial charge in [0, 0.05) is 19.7 Å². The molecule has 0 aromatic rings. The average molecular weight is 255 g/mol. The highest BCUT2D eigenvalue weighted by Gasteiger charge is 2.32. The Kier molecular flexibility index (Phi) is 4.58. The lowest BCUT2D eigenvalue weighted by atomic mass is 9.96. The van der Waals surface area contributed by atoms with Crippen LogP contribution in [0.15, 0.2) is 0 Å². The van der Waals surface area contributed by atoms with Gasteiger partial charge in [0.05, 0.1) is 13.0 Å². The first-order chi connectivity index (χ1) is 8.72. The average Bonchev–Trinajstić information content (AvgIpc) is 2.47. The molecule has 0 aromatic heterocycles. The molecule has 102 valence electrons. The van der Waals surface area contributed by atoms with Crippen molar-refractivity contribution in [3.05, 3.63) is 0 Å². The zero-order valence-corrected chi connectivity index (χ0v) is 10.9. The molecule has 18 heavy (non-hydrogen) atoms. The second-order valence-electron chi connectivity index (χ2n) is 4.98. The number of hydrogen-bond donors (Lipinski definition) is 0. The lowest BCUT2D eigenvalue weighted by Gasteiger charge is -2.34. The Morgan fingerprint density at radius 1 is 1.17 bits per heavy atom. The normalized spacial score (nSPS) is 25.8. The van der Waals surface area contributed by atoms with Crippen molar-refractivity contribution in [1.29, 1.82) is 0 Å². The van der Waals surface area contributed by atoms with Crippen LogP contribution in [-0.4, -0.2) is 49.7 Å². The zero-order valence-electron chi connectivity index (χ0n) is 10.9. The molecule has 0 spiro atoms. The Hall–Kier alpha value is -1.10. The summed E-state index contributed by atoms with van der Waals surface area (Å²) in [4.78, 5) is 25.4. The van der Waals surface area contributed by atoms with E-state index >= 15 is 0 Å². The van der Waals surface area contributed by atoms with Gasteiger partial charge in [0.1, 0.15) is 6.10 Å². The third-order valence-electron chi connectivity index (χ3n) is 3.80. The minimum atomic E-state index is -0.256. The molecule has 0 aliphatic carbocycles. The second-order valence-corrected chi connectivity index (χ2v) is 4.98. The van der Waals surface area contributed by atoms with Crippen molar-refractivity contribution < 1.29 is 19.1 Å². The summed E-state index contributed by atoms with van der Waals surface area (Å²) in [5.74, 6) is -0.111. The molecule has 0 radical (unpaired) electrons. The Bertz CT molecular complexity index is 304. The number of ether oxygens (including phenoxy) is 2. The summed E-state index contributed by atoms with van der Waals surface area (Å²) >= 11 is 0. The van der Waals surface area contributed by atoms with Gasteiger partial charge in [-0.15, -0.1) is 0 Å². The summed E-state index contributed by atoms with van der Waals surface area (Å²) in [6.07, 6.45) is 4.09. The van der Waals surface area contributed by atoms with Gasteiger partial charge in [-0.1, -0.05) is 0 Å². The van der Waals surface area contributed by atoms with Crippen molar-refractivity contribution in [3.8, 4) is 0 Å². The molecule has 2 rings (SSSR count). The fourth-order valence-electron chi connectivity index (χ4n) is 2.64. The maximum absolute atomic E-state index is 12.2. The molecule has 0 aromatic carbocycles. The van der Waals surface area contributed by atoms with Crippen molar-refractivity contribution in [2.75, 3.05) is 26.8 Å². The highest BCUT2D eigenvalue weighted by Crippen LogP contribution is 2.21. The highest BCUT2D eigenvalue weighted by atomic mass is 16.5. The minimum absolute atomic E-state index is 0.0497. The predicted molar refractivity (Wildman–Crippen MR) is 64.9 cm³/mol. The maximum atomic E-state index is 12.2. The van der Waals surface area contributed by atoms with Crippen LogP contribution in [0.3, 0.4) is 0 Å². The fourth-order valence-corrected chi connectivity index (χ4v) is 2.64. The van der Waals surface area contributed by atoms with Crippen LogP contribution in [0.5, 0.6) is 0 Å². The molecular formula is C13H21NO4. The lowest BCUT2D eigenvalue weighted by molar-refractivity contribution is -0.153. The van der Waals surface area contributed by atoms with Crippen molar-refractivity contribution in [3.63, 3.8) is 0 Å². The first-order valence-electron chi connectivity index (χ1n) is 6.70. The summed E-state index contributed by atoms with van der Waals surface area (Å²) < 4.78 is 10.2. The van der Waals surface area contributed by atoms with E-state index in [1.165, 1.54) is 7.11 Å². The van der Waals surface area contributed by atoms with Gasteiger partial charge in [-0.05, 0) is 32.1 Å². The third-order valence-corrected chi connectivity index (χ3v) is 3.80. The largest absolute Gasteiger partial charge is 0.469 e. The van der Waals surface area contributed by atoms with Crippen LogP contribution in [-0.2, 0) is 19.1 Å². The van der Waals surface area contributed by atoms with E-state index in [0.29, 0.717) is 32.5 Å². The number of esters is 1. The summed E-state index contributed by atoms with van der Waals surface area (Å²) in [6, 6.07) is 0. The van der Waals surface area contributed by atoms with Crippen molar-refractivity contribution in [2.45, 2.75) is 38.2 Å². The SMILES string of the molecule is COC(=O)C1CCN(C(=O)C2CCCCO2)CC1. The number of piperidine rings is 1. The number of nitrogens with zero attached hydrogens (tertiary/aromatic N) is 1. The number of methoxy groups -OCH3 is 1. The summed E-state index contributed by atoms with van der Waals surface area (Å²) in [5.41, 5.74) is 0. The lowest BCUT2D eigenvalue weighted by Crippen LogP contribution is -2.46. The Morgan fingerprint density at radius 3 is 2.44 bits per heavy atom. The topological polar surface area (TPSA) is 55.8 Å². The molecule has 5 nitrogen and oxygen atoms in total. The maximum Gasteiger partial charge on any atom is 0.308 e.